The van der Waals surface area contributed by atoms with Crippen molar-refractivity contribution in [3.63, 3.8) is 0 Å². The molecule has 2 aromatic rings. The van der Waals surface area contributed by atoms with Crippen molar-refractivity contribution >= 4 is 33.1 Å². The lowest BCUT2D eigenvalue weighted by atomic mass is 10.1. The monoisotopic (exact) mass is 456 g/mol. The Hall–Kier alpha value is -2.17. The van der Waals surface area contributed by atoms with Gasteiger partial charge < -0.3 is 4.90 Å². The number of hydrogen-bond acceptors (Lipinski definition) is 5. The average Bonchev–Trinajstić information content (AvgIpc) is 3.06. The summed E-state index contributed by atoms with van der Waals surface area (Å²) in [5, 5.41) is 0. The summed E-state index contributed by atoms with van der Waals surface area (Å²) in [6, 6.07) is 4.28. The molecule has 1 fully saturated rings. The number of carbonyl (C=O) groups excluding carboxylic acids is 2. The molecule has 0 radical (unpaired) electrons. The fourth-order valence-corrected chi connectivity index (χ4v) is 5.76. The fourth-order valence-electron chi connectivity index (χ4n) is 3.39. The molecule has 162 valence electrons. The van der Waals surface area contributed by atoms with Crippen LogP contribution in [0.2, 0.25) is 0 Å². The molecule has 0 atom stereocenters. The van der Waals surface area contributed by atoms with Crippen LogP contribution in [0.15, 0.2) is 29.2 Å². The summed E-state index contributed by atoms with van der Waals surface area (Å²) in [5.74, 6) is -2.64. The van der Waals surface area contributed by atoms with Gasteiger partial charge in [0, 0.05) is 54.3 Å². The first-order chi connectivity index (χ1) is 14.1. The van der Waals surface area contributed by atoms with Crippen LogP contribution in [0.25, 0.3) is 0 Å². The van der Waals surface area contributed by atoms with Crippen molar-refractivity contribution in [1.82, 2.24) is 9.21 Å². The van der Waals surface area contributed by atoms with E-state index in [1.165, 1.54) is 16.2 Å². The van der Waals surface area contributed by atoms with Crippen LogP contribution >= 0.6 is 11.3 Å². The summed E-state index contributed by atoms with van der Waals surface area (Å²) >= 11 is 1.54. The number of benzene rings is 1. The van der Waals surface area contributed by atoms with Crippen LogP contribution in [0.5, 0.6) is 0 Å². The van der Waals surface area contributed by atoms with Crippen LogP contribution in [-0.4, -0.2) is 55.5 Å². The lowest BCUT2D eigenvalue weighted by Gasteiger charge is -2.34. The molecule has 0 bridgehead atoms. The smallest absolute Gasteiger partial charge is 0.243 e. The number of carbonyl (C=O) groups is 2. The normalized spacial score (nSPS) is 15.4. The van der Waals surface area contributed by atoms with Gasteiger partial charge in [-0.05, 0) is 38.1 Å². The van der Waals surface area contributed by atoms with Gasteiger partial charge in [0.25, 0.3) is 0 Å². The number of aryl methyl sites for hydroxylation is 2. The Morgan fingerprint density at radius 2 is 1.67 bits per heavy atom. The van der Waals surface area contributed by atoms with Crippen LogP contribution in [0.4, 0.5) is 8.78 Å². The van der Waals surface area contributed by atoms with Crippen molar-refractivity contribution in [2.24, 2.45) is 0 Å². The van der Waals surface area contributed by atoms with Gasteiger partial charge in [-0.15, -0.1) is 11.3 Å². The Bertz CT molecular complexity index is 1070. The van der Waals surface area contributed by atoms with Gasteiger partial charge >= 0.3 is 0 Å². The van der Waals surface area contributed by atoms with Gasteiger partial charge in [-0.3, -0.25) is 9.59 Å². The first kappa shape index (κ1) is 22.5. The summed E-state index contributed by atoms with van der Waals surface area (Å²) < 4.78 is 52.9. The zero-order chi connectivity index (χ0) is 22.1. The van der Waals surface area contributed by atoms with Gasteiger partial charge in [-0.1, -0.05) is 0 Å². The van der Waals surface area contributed by atoms with E-state index in [4.69, 9.17) is 0 Å². The Morgan fingerprint density at radius 3 is 2.23 bits per heavy atom. The zero-order valence-electron chi connectivity index (χ0n) is 16.7. The first-order valence-corrected chi connectivity index (χ1v) is 11.7. The Morgan fingerprint density at radius 1 is 1.00 bits per heavy atom. The lowest BCUT2D eigenvalue weighted by molar-refractivity contribution is -0.132. The second-order valence-electron chi connectivity index (χ2n) is 7.11. The molecule has 0 spiro atoms. The van der Waals surface area contributed by atoms with E-state index >= 15 is 0 Å². The van der Waals surface area contributed by atoms with Crippen molar-refractivity contribution in [1.29, 1.82) is 0 Å². The molecule has 2 heterocycles. The number of hydrogen-bond donors (Lipinski definition) is 0. The molecule has 0 aliphatic carbocycles. The summed E-state index contributed by atoms with van der Waals surface area (Å²) in [6.07, 6.45) is 0.159. The van der Waals surface area contributed by atoms with Gasteiger partial charge in [0.1, 0.15) is 0 Å². The molecule has 1 aliphatic heterocycles. The van der Waals surface area contributed by atoms with Gasteiger partial charge in [-0.2, -0.15) is 4.31 Å². The summed E-state index contributed by atoms with van der Waals surface area (Å²) in [4.78, 5) is 28.0. The second kappa shape index (κ2) is 8.91. The summed E-state index contributed by atoms with van der Waals surface area (Å²) in [5.41, 5.74) is 0.646. The molecule has 0 N–H and O–H groups in total. The van der Waals surface area contributed by atoms with E-state index in [1.54, 1.807) is 0 Å². The fraction of sp³-hybridized carbons (Fsp3) is 0.400. The average molecular weight is 457 g/mol. The third-order valence-electron chi connectivity index (χ3n) is 5.03. The molecule has 10 heteroatoms. The number of piperazine rings is 1. The van der Waals surface area contributed by atoms with E-state index in [9.17, 15) is 26.8 Å². The SMILES string of the molecule is Cc1cc(C(=O)CCC(=O)N2CCN(S(=O)(=O)c3ccc(F)c(F)c3)CC2)c(C)s1. The molecule has 0 saturated carbocycles. The Kier molecular flexibility index (Phi) is 6.68. The first-order valence-electron chi connectivity index (χ1n) is 9.43. The van der Waals surface area contributed by atoms with E-state index in [-0.39, 0.29) is 55.6 Å². The highest BCUT2D eigenvalue weighted by Gasteiger charge is 2.30. The van der Waals surface area contributed by atoms with E-state index in [2.05, 4.69) is 0 Å². The van der Waals surface area contributed by atoms with Crippen molar-refractivity contribution in [3.05, 3.63) is 51.2 Å². The number of rotatable bonds is 6. The minimum Gasteiger partial charge on any atom is -0.340 e. The summed E-state index contributed by atoms with van der Waals surface area (Å²) in [6.45, 7) is 4.24. The molecule has 1 amide bonds. The number of ketones is 1. The quantitative estimate of drug-likeness (QED) is 0.626. The number of amides is 1. The number of nitrogens with zero attached hydrogens (tertiary/aromatic N) is 2. The molecule has 1 aromatic heterocycles. The van der Waals surface area contributed by atoms with E-state index in [0.717, 1.165) is 26.2 Å². The third-order valence-corrected chi connectivity index (χ3v) is 7.89. The lowest BCUT2D eigenvalue weighted by Crippen LogP contribution is -2.50. The second-order valence-corrected chi connectivity index (χ2v) is 10.5. The largest absolute Gasteiger partial charge is 0.340 e. The standard InChI is InChI=1S/C20H22F2N2O4S2/c1-13-11-16(14(2)29-13)19(25)5-6-20(26)23-7-9-24(10-8-23)30(27,28)15-3-4-17(21)18(22)12-15/h3-4,11-12H,5-10H2,1-2H3. The molecule has 3 rings (SSSR count). The van der Waals surface area contributed by atoms with Crippen molar-refractivity contribution in [3.8, 4) is 0 Å². The highest BCUT2D eigenvalue weighted by atomic mass is 32.2. The predicted octanol–water partition coefficient (Wildman–Crippen LogP) is 3.14. The van der Waals surface area contributed by atoms with Crippen molar-refractivity contribution in [2.75, 3.05) is 26.2 Å². The molecule has 1 aromatic carbocycles. The van der Waals surface area contributed by atoms with Gasteiger partial charge in [0.05, 0.1) is 4.90 Å². The van der Waals surface area contributed by atoms with Gasteiger partial charge in [0.15, 0.2) is 17.4 Å². The van der Waals surface area contributed by atoms with Gasteiger partial charge in [-0.25, -0.2) is 17.2 Å². The van der Waals surface area contributed by atoms with Crippen molar-refractivity contribution in [2.45, 2.75) is 31.6 Å². The highest BCUT2D eigenvalue weighted by Crippen LogP contribution is 2.23. The maximum atomic E-state index is 13.4. The number of Topliss-reactive ketones (excluding diaryl/α,β-unsaturated/α-hetero) is 1. The van der Waals surface area contributed by atoms with E-state index < -0.39 is 21.7 Å². The molecule has 6 nitrogen and oxygen atoms in total. The Balaban J connectivity index is 1.55. The van der Waals surface area contributed by atoms with Crippen LogP contribution in [-0.2, 0) is 14.8 Å². The van der Waals surface area contributed by atoms with Crippen LogP contribution in [0.1, 0.15) is 33.0 Å². The summed E-state index contributed by atoms with van der Waals surface area (Å²) in [7, 11) is -3.98. The maximum absolute atomic E-state index is 13.4. The predicted molar refractivity (Wildman–Crippen MR) is 109 cm³/mol. The molecular weight excluding hydrogens is 434 g/mol. The molecular formula is C20H22F2N2O4S2. The number of halogens is 2. The highest BCUT2D eigenvalue weighted by molar-refractivity contribution is 7.89. The van der Waals surface area contributed by atoms with E-state index in [1.807, 2.05) is 19.9 Å². The third kappa shape index (κ3) is 4.76. The minimum atomic E-state index is -3.98. The van der Waals surface area contributed by atoms with Crippen LogP contribution in [0.3, 0.4) is 0 Å². The number of sulfonamides is 1. The van der Waals surface area contributed by atoms with E-state index in [0.29, 0.717) is 11.6 Å². The zero-order valence-corrected chi connectivity index (χ0v) is 18.3. The molecule has 0 unspecified atom stereocenters. The topological polar surface area (TPSA) is 74.8 Å². The van der Waals surface area contributed by atoms with Crippen molar-refractivity contribution < 1.29 is 26.8 Å². The Labute approximate surface area is 178 Å². The van der Waals surface area contributed by atoms with Crippen LogP contribution < -0.4 is 0 Å². The number of thiophene rings is 1. The molecule has 30 heavy (non-hydrogen) atoms. The molecule has 1 saturated heterocycles. The maximum Gasteiger partial charge on any atom is 0.243 e. The minimum absolute atomic E-state index is 0.0455. The van der Waals surface area contributed by atoms with Crippen LogP contribution in [0, 0.1) is 25.5 Å². The van der Waals surface area contributed by atoms with Gasteiger partial charge in [0.2, 0.25) is 15.9 Å². The molecule has 1 aliphatic rings.